The summed E-state index contributed by atoms with van der Waals surface area (Å²) in [6.45, 7) is 0. The highest BCUT2D eigenvalue weighted by Gasteiger charge is 2.40. The number of anilines is 2. The molecule has 6 rings (SSSR count). The van der Waals surface area contributed by atoms with Crippen LogP contribution >= 0.6 is 6.42 Å². The minimum Gasteiger partial charge on any atom is -0.442 e. The summed E-state index contributed by atoms with van der Waals surface area (Å²) in [4.78, 5) is 0. The van der Waals surface area contributed by atoms with Crippen LogP contribution in [0.1, 0.15) is 0 Å². The van der Waals surface area contributed by atoms with E-state index in [-0.39, 0.29) is 0 Å². The molecule has 0 saturated heterocycles. The van der Waals surface area contributed by atoms with Crippen molar-refractivity contribution in [3.05, 3.63) is 133 Å². The molecule has 1 atom stereocenters. The first-order valence-corrected chi connectivity index (χ1v) is 13.9. The predicted octanol–water partition coefficient (Wildman–Crippen LogP) is 8.19. The molecule has 5 aromatic carbocycles. The van der Waals surface area contributed by atoms with Crippen molar-refractivity contribution >= 4 is 34.9 Å². The van der Waals surface area contributed by atoms with Crippen molar-refractivity contribution in [1.82, 2.24) is 0 Å². The molecule has 0 bridgehead atoms. The fraction of sp³-hybridized carbons (Fsp3) is 0. The number of para-hydroxylation sites is 3. The van der Waals surface area contributed by atoms with Crippen LogP contribution in [0.15, 0.2) is 133 Å². The van der Waals surface area contributed by atoms with Crippen molar-refractivity contribution in [2.24, 2.45) is 0 Å². The van der Waals surface area contributed by atoms with Gasteiger partial charge in [0.05, 0.1) is 5.69 Å². The lowest BCUT2D eigenvalue weighted by atomic mass is 9.99. The van der Waals surface area contributed by atoms with Gasteiger partial charge in [0.15, 0.2) is 5.75 Å². The zero-order chi connectivity index (χ0) is 23.0. The number of hydrogen-bond donors (Lipinski definition) is 0. The molecule has 0 fully saturated rings. The summed E-state index contributed by atoms with van der Waals surface area (Å²) in [6.07, 6.45) is -2.66. The Kier molecular flexibility index (Phi) is 5.30. The Labute approximate surface area is 205 Å². The number of nitrogens with zero attached hydrogens (tertiary/aromatic N) is 1. The average Bonchev–Trinajstić information content (AvgIpc) is 3.23. The van der Waals surface area contributed by atoms with Gasteiger partial charge < -0.3 is 4.52 Å². The molecule has 1 unspecified atom stereocenters. The van der Waals surface area contributed by atoms with E-state index >= 15 is 0 Å². The lowest BCUT2D eigenvalue weighted by molar-refractivity contribution is 0.640. The van der Waals surface area contributed by atoms with Gasteiger partial charge in [-0.1, -0.05) is 91.0 Å². The maximum atomic E-state index is 6.68. The summed E-state index contributed by atoms with van der Waals surface area (Å²) in [7, 11) is 0. The fourth-order valence-corrected chi connectivity index (χ4v) is 7.86. The lowest BCUT2D eigenvalue weighted by Crippen LogP contribution is -2.20. The zero-order valence-electron chi connectivity index (χ0n) is 18.4. The summed E-state index contributed by atoms with van der Waals surface area (Å²) in [5.41, 5.74) is 6.64. The topological polar surface area (TPSA) is 12.5 Å². The van der Waals surface area contributed by atoms with Crippen molar-refractivity contribution in [3.8, 4) is 28.0 Å². The van der Waals surface area contributed by atoms with E-state index in [1.165, 1.54) is 0 Å². The van der Waals surface area contributed by atoms with Gasteiger partial charge in [-0.2, -0.15) is 0 Å². The molecular formula is C30H22NOPS. The molecule has 0 spiro atoms. The second kappa shape index (κ2) is 8.61. The van der Waals surface area contributed by atoms with E-state index in [2.05, 4.69) is 89.6 Å². The molecule has 2 nitrogen and oxygen atoms in total. The molecule has 0 N–H and O–H groups in total. The highest BCUT2D eigenvalue weighted by atomic mass is 32.4. The molecule has 5 aromatic rings. The standard InChI is InChI=1S/C30H22NOPS/c34-33(31(27-16-8-3-9-17-27)29-18-10-11-19-30(29)32-33)28-21-25(23-12-4-1-5-13-23)20-26(22-28)24-14-6-2-7-15-24/h1-22H. The van der Waals surface area contributed by atoms with E-state index in [1.54, 1.807) is 0 Å². The van der Waals surface area contributed by atoms with Crippen LogP contribution in [0, 0.1) is 0 Å². The van der Waals surface area contributed by atoms with Gasteiger partial charge in [-0.3, -0.25) is 4.67 Å². The first kappa shape index (κ1) is 20.9. The zero-order valence-corrected chi connectivity index (χ0v) is 20.1. The Hall–Kier alpha value is -3.65. The predicted molar refractivity (Wildman–Crippen MR) is 147 cm³/mol. The van der Waals surface area contributed by atoms with Gasteiger partial charge in [0.1, 0.15) is 0 Å². The fourth-order valence-electron chi connectivity index (χ4n) is 4.42. The molecule has 0 aromatic heterocycles. The van der Waals surface area contributed by atoms with Gasteiger partial charge in [-0.15, -0.1) is 0 Å². The lowest BCUT2D eigenvalue weighted by Gasteiger charge is -2.29. The van der Waals surface area contributed by atoms with Gasteiger partial charge in [-0.05, 0) is 76.5 Å². The van der Waals surface area contributed by atoms with Gasteiger partial charge >= 0.3 is 0 Å². The molecular weight excluding hydrogens is 453 g/mol. The highest BCUT2D eigenvalue weighted by Crippen LogP contribution is 2.64. The smallest absolute Gasteiger partial charge is 0.239 e. The Morgan fingerprint density at radius 3 is 1.62 bits per heavy atom. The third-order valence-electron chi connectivity index (χ3n) is 6.04. The van der Waals surface area contributed by atoms with E-state index < -0.39 is 6.42 Å². The first-order valence-electron chi connectivity index (χ1n) is 11.2. The Balaban J connectivity index is 1.59. The molecule has 0 aliphatic carbocycles. The molecule has 164 valence electrons. The van der Waals surface area contributed by atoms with Gasteiger partial charge in [0.2, 0.25) is 6.42 Å². The van der Waals surface area contributed by atoms with E-state index in [0.717, 1.165) is 44.7 Å². The Morgan fingerprint density at radius 1 is 0.529 bits per heavy atom. The van der Waals surface area contributed by atoms with Crippen LogP contribution in [0.3, 0.4) is 0 Å². The van der Waals surface area contributed by atoms with Crippen LogP contribution in [0.2, 0.25) is 0 Å². The number of benzene rings is 5. The minimum absolute atomic E-state index is 0.834. The molecule has 34 heavy (non-hydrogen) atoms. The van der Waals surface area contributed by atoms with Crippen LogP contribution in [-0.4, -0.2) is 0 Å². The highest BCUT2D eigenvalue weighted by molar-refractivity contribution is 8.17. The minimum atomic E-state index is -2.66. The van der Waals surface area contributed by atoms with Gasteiger partial charge in [0, 0.05) is 11.0 Å². The summed E-state index contributed by atoms with van der Waals surface area (Å²) in [5.74, 6) is 0.834. The second-order valence-electron chi connectivity index (χ2n) is 8.23. The molecule has 1 aliphatic rings. The molecule has 0 radical (unpaired) electrons. The van der Waals surface area contributed by atoms with Crippen LogP contribution in [0.4, 0.5) is 11.4 Å². The summed E-state index contributed by atoms with van der Waals surface area (Å²) >= 11 is 6.48. The van der Waals surface area contributed by atoms with Gasteiger partial charge in [0.25, 0.3) is 0 Å². The molecule has 1 heterocycles. The van der Waals surface area contributed by atoms with Crippen LogP contribution in [0.5, 0.6) is 5.75 Å². The maximum Gasteiger partial charge on any atom is 0.239 e. The van der Waals surface area contributed by atoms with Crippen molar-refractivity contribution in [3.63, 3.8) is 0 Å². The Morgan fingerprint density at radius 2 is 1.03 bits per heavy atom. The average molecular weight is 476 g/mol. The van der Waals surface area contributed by atoms with Crippen molar-refractivity contribution in [2.45, 2.75) is 0 Å². The van der Waals surface area contributed by atoms with E-state index in [9.17, 15) is 0 Å². The number of rotatable bonds is 4. The monoisotopic (exact) mass is 475 g/mol. The van der Waals surface area contributed by atoms with Crippen molar-refractivity contribution in [1.29, 1.82) is 0 Å². The number of hydrogen-bond acceptors (Lipinski definition) is 2. The van der Waals surface area contributed by atoms with Crippen LogP contribution in [0.25, 0.3) is 22.3 Å². The number of fused-ring (bicyclic) bond motifs is 1. The third kappa shape index (κ3) is 3.64. The van der Waals surface area contributed by atoms with E-state index in [0.29, 0.717) is 0 Å². The quantitative estimate of drug-likeness (QED) is 0.243. The molecule has 0 saturated carbocycles. The van der Waals surface area contributed by atoms with Gasteiger partial charge in [-0.25, -0.2) is 0 Å². The summed E-state index contributed by atoms with van der Waals surface area (Å²) in [6, 6.07) is 46.1. The normalized spacial score (nSPS) is 16.6. The van der Waals surface area contributed by atoms with E-state index in [1.807, 2.05) is 48.5 Å². The Bertz CT molecular complexity index is 1450. The SMILES string of the molecule is S=P1(c2cc(-c3ccccc3)cc(-c3ccccc3)c2)Oc2ccccc2N1c1ccccc1. The van der Waals surface area contributed by atoms with Crippen molar-refractivity contribution < 1.29 is 4.52 Å². The summed E-state index contributed by atoms with van der Waals surface area (Å²) < 4.78 is 8.91. The maximum absolute atomic E-state index is 6.68. The van der Waals surface area contributed by atoms with Crippen LogP contribution in [-0.2, 0) is 11.8 Å². The van der Waals surface area contributed by atoms with Crippen LogP contribution < -0.4 is 14.5 Å². The molecule has 0 amide bonds. The molecule has 4 heteroatoms. The van der Waals surface area contributed by atoms with E-state index in [4.69, 9.17) is 16.3 Å². The third-order valence-corrected chi connectivity index (χ3v) is 9.71. The summed E-state index contributed by atoms with van der Waals surface area (Å²) in [5, 5.41) is 1.03. The van der Waals surface area contributed by atoms with Crippen molar-refractivity contribution in [2.75, 3.05) is 4.67 Å². The first-order chi connectivity index (χ1) is 16.7. The molecule has 1 aliphatic heterocycles. The largest absolute Gasteiger partial charge is 0.442 e. The second-order valence-corrected chi connectivity index (χ2v) is 11.9.